The minimum atomic E-state index is 0. The fourth-order valence-corrected chi connectivity index (χ4v) is 2.40. The highest BCUT2D eigenvalue weighted by atomic mass is 35.5. The van der Waals surface area contributed by atoms with Gasteiger partial charge in [-0.1, -0.05) is 0 Å². The van der Waals surface area contributed by atoms with Gasteiger partial charge < -0.3 is 10.2 Å². The Balaban J connectivity index is 0.00000128. The highest BCUT2D eigenvalue weighted by Gasteiger charge is 2.24. The highest BCUT2D eigenvalue weighted by molar-refractivity contribution is 7.07. The quantitative estimate of drug-likeness (QED) is 0.906. The van der Waals surface area contributed by atoms with Crippen molar-refractivity contribution >= 4 is 42.1 Å². The number of halogens is 2. The van der Waals surface area contributed by atoms with Crippen LogP contribution in [0.1, 0.15) is 23.3 Å². The first-order valence-electron chi connectivity index (χ1n) is 5.16. The van der Waals surface area contributed by atoms with E-state index in [0.29, 0.717) is 11.7 Å². The molecule has 1 saturated heterocycles. The van der Waals surface area contributed by atoms with Gasteiger partial charge in [0.15, 0.2) is 0 Å². The van der Waals surface area contributed by atoms with Crippen molar-refractivity contribution in [2.24, 2.45) is 0 Å². The summed E-state index contributed by atoms with van der Waals surface area (Å²) in [6.07, 6.45) is 2.22. The van der Waals surface area contributed by atoms with E-state index in [4.69, 9.17) is 0 Å². The molecule has 1 atom stereocenters. The van der Waals surface area contributed by atoms with Crippen LogP contribution < -0.4 is 5.32 Å². The lowest BCUT2D eigenvalue weighted by atomic mass is 10.1. The van der Waals surface area contributed by atoms with Gasteiger partial charge in [0.1, 0.15) is 5.69 Å². The molecule has 2 rings (SSSR count). The molecule has 1 fully saturated rings. The lowest BCUT2D eigenvalue weighted by Crippen LogP contribution is -2.47. The van der Waals surface area contributed by atoms with E-state index in [2.05, 4.69) is 10.3 Å². The van der Waals surface area contributed by atoms with Crippen LogP contribution in [-0.2, 0) is 0 Å². The van der Waals surface area contributed by atoms with Crippen molar-refractivity contribution in [2.75, 3.05) is 20.1 Å². The monoisotopic (exact) mass is 297 g/mol. The summed E-state index contributed by atoms with van der Waals surface area (Å²) in [6, 6.07) is 0.432. The van der Waals surface area contributed by atoms with Gasteiger partial charge >= 0.3 is 0 Å². The summed E-state index contributed by atoms with van der Waals surface area (Å²) in [7, 11) is 1.95. The maximum absolute atomic E-state index is 12.0. The van der Waals surface area contributed by atoms with Crippen molar-refractivity contribution < 1.29 is 4.79 Å². The van der Waals surface area contributed by atoms with E-state index in [0.717, 1.165) is 25.9 Å². The van der Waals surface area contributed by atoms with Crippen molar-refractivity contribution in [3.05, 3.63) is 16.6 Å². The maximum atomic E-state index is 12.0. The average molecular weight is 298 g/mol. The standard InChI is InChI=1S/C10H15N3OS.2ClH/c1-11-8-3-2-4-13(5-8)10(14)9-6-15-7-12-9;;/h6-8,11H,2-5H2,1H3;2*1H. The summed E-state index contributed by atoms with van der Waals surface area (Å²) in [4.78, 5) is 17.9. The summed E-state index contributed by atoms with van der Waals surface area (Å²) >= 11 is 1.46. The van der Waals surface area contributed by atoms with Crippen molar-refractivity contribution in [3.8, 4) is 0 Å². The molecule has 0 spiro atoms. The highest BCUT2D eigenvalue weighted by Crippen LogP contribution is 2.13. The second-order valence-electron chi connectivity index (χ2n) is 3.75. The van der Waals surface area contributed by atoms with E-state index in [1.54, 1.807) is 5.51 Å². The van der Waals surface area contributed by atoms with Crippen molar-refractivity contribution in [1.29, 1.82) is 0 Å². The third-order valence-electron chi connectivity index (χ3n) is 2.77. The van der Waals surface area contributed by atoms with E-state index in [9.17, 15) is 4.79 Å². The van der Waals surface area contributed by atoms with Gasteiger partial charge in [-0.05, 0) is 19.9 Å². The molecule has 17 heavy (non-hydrogen) atoms. The van der Waals surface area contributed by atoms with Crippen LogP contribution in [0.5, 0.6) is 0 Å². The number of piperidine rings is 1. The zero-order valence-electron chi connectivity index (χ0n) is 9.59. The normalized spacial score (nSPS) is 19.1. The number of likely N-dealkylation sites (N-methyl/N-ethyl adjacent to an activating group) is 1. The Morgan fingerprint density at radius 3 is 2.94 bits per heavy atom. The van der Waals surface area contributed by atoms with Crippen LogP contribution in [0, 0.1) is 0 Å². The molecule has 0 saturated carbocycles. The first-order valence-corrected chi connectivity index (χ1v) is 6.10. The van der Waals surface area contributed by atoms with Gasteiger partial charge in [0.05, 0.1) is 5.51 Å². The summed E-state index contributed by atoms with van der Waals surface area (Å²) in [5.74, 6) is 0.0659. The molecular weight excluding hydrogens is 281 g/mol. The van der Waals surface area contributed by atoms with Crippen molar-refractivity contribution in [3.63, 3.8) is 0 Å². The molecule has 0 aromatic carbocycles. The fourth-order valence-electron chi connectivity index (χ4n) is 1.88. The second-order valence-corrected chi connectivity index (χ2v) is 4.47. The smallest absolute Gasteiger partial charge is 0.273 e. The Kier molecular flexibility index (Phi) is 7.70. The summed E-state index contributed by atoms with van der Waals surface area (Å²) in [5, 5.41) is 5.03. The lowest BCUT2D eigenvalue weighted by molar-refractivity contribution is 0.0693. The van der Waals surface area contributed by atoms with Crippen molar-refractivity contribution in [1.82, 2.24) is 15.2 Å². The van der Waals surface area contributed by atoms with Crippen LogP contribution in [0.3, 0.4) is 0 Å². The minimum absolute atomic E-state index is 0. The summed E-state index contributed by atoms with van der Waals surface area (Å²) in [6.45, 7) is 1.65. The first kappa shape index (κ1) is 16.6. The predicted octanol–water partition coefficient (Wildman–Crippen LogP) is 1.81. The van der Waals surface area contributed by atoms with Gasteiger partial charge in [0, 0.05) is 24.5 Å². The zero-order valence-corrected chi connectivity index (χ0v) is 12.0. The molecule has 4 nitrogen and oxygen atoms in total. The van der Waals surface area contributed by atoms with Gasteiger partial charge in [-0.2, -0.15) is 0 Å². The molecule has 0 bridgehead atoms. The van der Waals surface area contributed by atoms with Crippen LogP contribution in [0.4, 0.5) is 0 Å². The Morgan fingerprint density at radius 1 is 1.59 bits per heavy atom. The number of nitrogens with one attached hydrogen (secondary N) is 1. The van der Waals surface area contributed by atoms with Crippen molar-refractivity contribution in [2.45, 2.75) is 18.9 Å². The molecule has 0 aliphatic carbocycles. The van der Waals surface area contributed by atoms with Gasteiger partial charge in [0.25, 0.3) is 5.91 Å². The Labute approximate surface area is 118 Å². The largest absolute Gasteiger partial charge is 0.336 e. The zero-order chi connectivity index (χ0) is 10.7. The van der Waals surface area contributed by atoms with Gasteiger partial charge in [0.2, 0.25) is 0 Å². The maximum Gasteiger partial charge on any atom is 0.273 e. The molecule has 98 valence electrons. The Morgan fingerprint density at radius 2 is 2.35 bits per heavy atom. The van der Waals surface area contributed by atoms with E-state index < -0.39 is 0 Å². The number of aromatic nitrogens is 1. The SMILES string of the molecule is CNC1CCCN(C(=O)c2cscn2)C1.Cl.Cl. The molecule has 2 heterocycles. The summed E-state index contributed by atoms with van der Waals surface area (Å²) in [5.41, 5.74) is 2.28. The molecule has 1 N–H and O–H groups in total. The lowest BCUT2D eigenvalue weighted by Gasteiger charge is -2.32. The van der Waals surface area contributed by atoms with Gasteiger partial charge in [-0.3, -0.25) is 4.79 Å². The van der Waals surface area contributed by atoms with E-state index in [1.165, 1.54) is 11.3 Å². The Bertz CT molecular complexity index is 334. The van der Waals surface area contributed by atoms with Crippen LogP contribution in [0.2, 0.25) is 0 Å². The number of carbonyl (C=O) groups is 1. The van der Waals surface area contributed by atoms with Crippen LogP contribution in [0.25, 0.3) is 0 Å². The average Bonchev–Trinajstić information content (AvgIpc) is 2.81. The van der Waals surface area contributed by atoms with Gasteiger partial charge in [-0.25, -0.2) is 4.98 Å². The van der Waals surface area contributed by atoms with Crippen LogP contribution in [0.15, 0.2) is 10.9 Å². The molecular formula is C10H17Cl2N3OS. The summed E-state index contributed by atoms with van der Waals surface area (Å²) < 4.78 is 0. The minimum Gasteiger partial charge on any atom is -0.336 e. The number of rotatable bonds is 2. The predicted molar refractivity (Wildman–Crippen MR) is 74.6 cm³/mol. The number of hydrogen-bond donors (Lipinski definition) is 1. The van der Waals surface area contributed by atoms with Gasteiger partial charge in [-0.15, -0.1) is 36.2 Å². The number of hydrogen-bond acceptors (Lipinski definition) is 4. The topological polar surface area (TPSA) is 45.2 Å². The van der Waals surface area contributed by atoms with Crippen LogP contribution in [-0.4, -0.2) is 42.0 Å². The molecule has 0 radical (unpaired) electrons. The third kappa shape index (κ3) is 4.10. The third-order valence-corrected chi connectivity index (χ3v) is 3.35. The molecule has 1 aromatic rings. The number of amides is 1. The number of thiazole rings is 1. The fraction of sp³-hybridized carbons (Fsp3) is 0.600. The number of carbonyl (C=O) groups excluding carboxylic acids is 1. The molecule has 1 amide bonds. The van der Waals surface area contributed by atoms with E-state index in [1.807, 2.05) is 17.3 Å². The molecule has 7 heteroatoms. The number of likely N-dealkylation sites (tertiary alicyclic amines) is 1. The second kappa shape index (κ2) is 7.87. The number of nitrogens with zero attached hydrogens (tertiary/aromatic N) is 2. The first-order chi connectivity index (χ1) is 7.31. The molecule has 1 aliphatic rings. The van der Waals surface area contributed by atoms with Crippen LogP contribution >= 0.6 is 36.2 Å². The molecule has 1 aromatic heterocycles. The molecule has 1 aliphatic heterocycles. The molecule has 1 unspecified atom stereocenters. The van der Waals surface area contributed by atoms with E-state index in [-0.39, 0.29) is 30.7 Å². The van der Waals surface area contributed by atoms with E-state index >= 15 is 0 Å². The Hall–Kier alpha value is -0.360.